The molecule has 0 bridgehead atoms. The quantitative estimate of drug-likeness (QED) is 0.938. The van der Waals surface area contributed by atoms with Crippen molar-refractivity contribution in [3.05, 3.63) is 59.7 Å². The molecule has 1 atom stereocenters. The molecule has 1 unspecified atom stereocenters. The fourth-order valence-corrected chi connectivity index (χ4v) is 3.40. The number of nitrogens with zero attached hydrogens (tertiary/aromatic N) is 1. The maximum Gasteiger partial charge on any atom is 0.239 e. The van der Waals surface area contributed by atoms with Crippen LogP contribution in [-0.4, -0.2) is 13.4 Å². The minimum absolute atomic E-state index is 0.00349. The zero-order valence-corrected chi connectivity index (χ0v) is 13.5. The molecule has 0 spiro atoms. The van der Waals surface area contributed by atoms with Gasteiger partial charge in [0, 0.05) is 6.20 Å². The lowest BCUT2D eigenvalue weighted by Gasteiger charge is -2.08. The van der Waals surface area contributed by atoms with Crippen LogP contribution >= 0.6 is 0 Å². The van der Waals surface area contributed by atoms with Crippen LogP contribution in [0.4, 0.5) is 4.39 Å². The first-order valence-corrected chi connectivity index (χ1v) is 8.86. The van der Waals surface area contributed by atoms with Gasteiger partial charge in [0.25, 0.3) is 0 Å². The van der Waals surface area contributed by atoms with Crippen molar-refractivity contribution in [1.29, 1.82) is 0 Å². The summed E-state index contributed by atoms with van der Waals surface area (Å²) in [5.41, 5.74) is 3.92. The molecule has 2 aromatic rings. The highest BCUT2D eigenvalue weighted by molar-refractivity contribution is 7.89. The lowest BCUT2D eigenvalue weighted by Crippen LogP contribution is -2.12. The Kier molecular flexibility index (Phi) is 4.04. The standard InChI is InChI=1S/C17H17FN2O2S/c1-11-8-15(12-2-4-13(18)5-3-12)16(9-11)17-7-6-14(10-20-17)23(19,21)22/h2-7,10-11H,8-9H2,1H3,(H2,19,21,22). The molecule has 0 amide bonds. The number of primary sulfonamides is 1. The topological polar surface area (TPSA) is 73.1 Å². The van der Waals surface area contributed by atoms with Crippen LogP contribution in [0.25, 0.3) is 11.1 Å². The summed E-state index contributed by atoms with van der Waals surface area (Å²) in [7, 11) is -3.74. The van der Waals surface area contributed by atoms with Crippen LogP contribution in [0, 0.1) is 11.7 Å². The molecule has 0 radical (unpaired) electrons. The second-order valence-corrected chi connectivity index (χ2v) is 7.46. The fourth-order valence-electron chi connectivity index (χ4n) is 2.94. The van der Waals surface area contributed by atoms with Gasteiger partial charge in [-0.1, -0.05) is 19.1 Å². The van der Waals surface area contributed by atoms with E-state index in [1.807, 2.05) is 0 Å². The molecule has 2 N–H and O–H groups in total. The third-order valence-corrected chi connectivity index (χ3v) is 4.93. The van der Waals surface area contributed by atoms with Gasteiger partial charge in [0.15, 0.2) is 0 Å². The van der Waals surface area contributed by atoms with Gasteiger partial charge in [-0.3, -0.25) is 4.98 Å². The number of sulfonamides is 1. The van der Waals surface area contributed by atoms with Gasteiger partial charge in [-0.2, -0.15) is 0 Å². The number of hydrogen-bond acceptors (Lipinski definition) is 3. The highest BCUT2D eigenvalue weighted by Gasteiger charge is 2.24. The highest BCUT2D eigenvalue weighted by Crippen LogP contribution is 2.42. The van der Waals surface area contributed by atoms with Crippen molar-refractivity contribution in [3.63, 3.8) is 0 Å². The lowest BCUT2D eigenvalue weighted by molar-refractivity contribution is 0.597. The van der Waals surface area contributed by atoms with Gasteiger partial charge in [0.05, 0.1) is 5.69 Å². The highest BCUT2D eigenvalue weighted by atomic mass is 32.2. The molecule has 1 heterocycles. The largest absolute Gasteiger partial charge is 0.255 e. The minimum atomic E-state index is -3.74. The van der Waals surface area contributed by atoms with Crippen LogP contribution in [-0.2, 0) is 10.0 Å². The van der Waals surface area contributed by atoms with Gasteiger partial charge >= 0.3 is 0 Å². The Bertz CT molecular complexity index is 856. The molecule has 1 aliphatic rings. The monoisotopic (exact) mass is 332 g/mol. The molecule has 0 saturated heterocycles. The van der Waals surface area contributed by atoms with E-state index in [-0.39, 0.29) is 10.7 Å². The van der Waals surface area contributed by atoms with Crippen molar-refractivity contribution in [3.8, 4) is 0 Å². The Morgan fingerprint density at radius 3 is 2.30 bits per heavy atom. The van der Waals surface area contributed by atoms with Gasteiger partial charge in [-0.25, -0.2) is 17.9 Å². The van der Waals surface area contributed by atoms with Crippen molar-refractivity contribution >= 4 is 21.2 Å². The van der Waals surface area contributed by atoms with Crippen molar-refractivity contribution in [1.82, 2.24) is 4.98 Å². The summed E-state index contributed by atoms with van der Waals surface area (Å²) < 4.78 is 35.8. The Hall–Kier alpha value is -2.05. The van der Waals surface area contributed by atoms with E-state index in [9.17, 15) is 12.8 Å². The molecule has 3 rings (SSSR count). The summed E-state index contributed by atoms with van der Waals surface area (Å²) in [5.74, 6) is 0.197. The molecular formula is C17H17FN2O2S. The first-order chi connectivity index (χ1) is 10.8. The van der Waals surface area contributed by atoms with E-state index in [1.54, 1.807) is 18.2 Å². The first-order valence-electron chi connectivity index (χ1n) is 7.32. The lowest BCUT2D eigenvalue weighted by atomic mass is 10.00. The van der Waals surface area contributed by atoms with Crippen LogP contribution in [0.3, 0.4) is 0 Å². The predicted molar refractivity (Wildman–Crippen MR) is 87.2 cm³/mol. The molecule has 1 aromatic carbocycles. The number of pyridine rings is 1. The zero-order valence-electron chi connectivity index (χ0n) is 12.7. The Labute approximate surface area is 134 Å². The molecule has 1 aliphatic carbocycles. The predicted octanol–water partition coefficient (Wildman–Crippen LogP) is 3.21. The second kappa shape index (κ2) is 5.86. The van der Waals surface area contributed by atoms with Crippen LogP contribution in [0.15, 0.2) is 47.5 Å². The van der Waals surface area contributed by atoms with Gasteiger partial charge in [-0.05, 0) is 59.7 Å². The average molecular weight is 332 g/mol. The Morgan fingerprint density at radius 2 is 1.74 bits per heavy atom. The van der Waals surface area contributed by atoms with Crippen LogP contribution in [0.1, 0.15) is 31.0 Å². The van der Waals surface area contributed by atoms with Gasteiger partial charge < -0.3 is 0 Å². The van der Waals surface area contributed by atoms with E-state index in [2.05, 4.69) is 11.9 Å². The Balaban J connectivity index is 2.04. The zero-order chi connectivity index (χ0) is 16.6. The number of halogens is 1. The number of hydrogen-bond donors (Lipinski definition) is 1. The SMILES string of the molecule is CC1CC(c2ccc(F)cc2)=C(c2ccc(S(N)(=O)=O)cn2)C1. The smallest absolute Gasteiger partial charge is 0.239 e. The molecule has 4 nitrogen and oxygen atoms in total. The first kappa shape index (κ1) is 15.8. The number of rotatable bonds is 3. The summed E-state index contributed by atoms with van der Waals surface area (Å²) in [5, 5.41) is 5.10. The number of benzene rings is 1. The van der Waals surface area contributed by atoms with Crippen LogP contribution < -0.4 is 5.14 Å². The molecule has 6 heteroatoms. The molecule has 23 heavy (non-hydrogen) atoms. The summed E-state index contributed by atoms with van der Waals surface area (Å²) in [4.78, 5) is 4.26. The number of aromatic nitrogens is 1. The molecule has 0 aliphatic heterocycles. The third-order valence-electron chi connectivity index (χ3n) is 4.04. The van der Waals surface area contributed by atoms with E-state index in [0.717, 1.165) is 35.2 Å². The van der Waals surface area contributed by atoms with E-state index < -0.39 is 10.0 Å². The summed E-state index contributed by atoms with van der Waals surface area (Å²) in [6.07, 6.45) is 3.02. The Morgan fingerprint density at radius 1 is 1.09 bits per heavy atom. The molecular weight excluding hydrogens is 315 g/mol. The second-order valence-electron chi connectivity index (χ2n) is 5.90. The van der Waals surface area contributed by atoms with E-state index in [4.69, 9.17) is 5.14 Å². The fraction of sp³-hybridized carbons (Fsp3) is 0.235. The maximum atomic E-state index is 13.1. The van der Waals surface area contributed by atoms with E-state index in [1.165, 1.54) is 24.4 Å². The third kappa shape index (κ3) is 3.33. The van der Waals surface area contributed by atoms with Crippen molar-refractivity contribution in [2.45, 2.75) is 24.7 Å². The summed E-state index contributed by atoms with van der Waals surface area (Å²) in [6.45, 7) is 2.15. The van der Waals surface area contributed by atoms with Gasteiger partial charge in [0.2, 0.25) is 10.0 Å². The molecule has 120 valence electrons. The normalized spacial score (nSPS) is 18.5. The summed E-state index contributed by atoms with van der Waals surface area (Å²) in [6, 6.07) is 9.57. The van der Waals surface area contributed by atoms with Gasteiger partial charge in [-0.15, -0.1) is 0 Å². The minimum Gasteiger partial charge on any atom is -0.255 e. The number of allylic oxidation sites excluding steroid dienone is 2. The van der Waals surface area contributed by atoms with Crippen molar-refractivity contribution < 1.29 is 12.8 Å². The van der Waals surface area contributed by atoms with Crippen molar-refractivity contribution in [2.24, 2.45) is 11.1 Å². The molecule has 1 aromatic heterocycles. The maximum absolute atomic E-state index is 13.1. The van der Waals surface area contributed by atoms with E-state index in [0.29, 0.717) is 5.92 Å². The average Bonchev–Trinajstić information content (AvgIpc) is 2.89. The van der Waals surface area contributed by atoms with Crippen molar-refractivity contribution in [2.75, 3.05) is 0 Å². The van der Waals surface area contributed by atoms with Crippen LogP contribution in [0.2, 0.25) is 0 Å². The molecule has 0 saturated carbocycles. The molecule has 0 fully saturated rings. The van der Waals surface area contributed by atoms with E-state index >= 15 is 0 Å². The van der Waals surface area contributed by atoms with Gasteiger partial charge in [0.1, 0.15) is 10.7 Å². The number of nitrogens with two attached hydrogens (primary N) is 1. The van der Waals surface area contributed by atoms with Crippen LogP contribution in [0.5, 0.6) is 0 Å². The summed E-state index contributed by atoms with van der Waals surface area (Å²) >= 11 is 0.